The molecule has 0 aliphatic heterocycles. The lowest BCUT2D eigenvalue weighted by molar-refractivity contribution is -0.126. The number of imide groups is 1. The number of ether oxygens (including phenoxy) is 1. The molecule has 0 aromatic carbocycles. The average molecular weight is 254 g/mol. The molecule has 1 unspecified atom stereocenters. The van der Waals surface area contributed by atoms with Gasteiger partial charge in [0.1, 0.15) is 0 Å². The number of amides is 3. The lowest BCUT2D eigenvalue weighted by atomic mass is 10.4. The smallest absolute Gasteiger partial charge is 0.321 e. The Morgan fingerprint density at radius 3 is 2.78 bits per heavy atom. The van der Waals surface area contributed by atoms with Gasteiger partial charge >= 0.3 is 6.03 Å². The fourth-order valence-electron chi connectivity index (χ4n) is 1.25. The van der Waals surface area contributed by atoms with Gasteiger partial charge < -0.3 is 10.1 Å². The Kier molecular flexibility index (Phi) is 5.16. The van der Waals surface area contributed by atoms with Crippen molar-refractivity contribution in [3.8, 4) is 5.75 Å². The zero-order valence-electron chi connectivity index (χ0n) is 10.8. The molecular formula is C11H18N4O3. The minimum absolute atomic E-state index is 0.456. The van der Waals surface area contributed by atoms with Crippen LogP contribution in [-0.2, 0) is 11.3 Å². The Labute approximate surface area is 105 Å². The second kappa shape index (κ2) is 6.63. The summed E-state index contributed by atoms with van der Waals surface area (Å²) in [5.74, 6) is 0.000554. The summed E-state index contributed by atoms with van der Waals surface area (Å²) in [7, 11) is 0. The van der Waals surface area contributed by atoms with E-state index in [4.69, 9.17) is 4.74 Å². The van der Waals surface area contributed by atoms with E-state index < -0.39 is 18.0 Å². The summed E-state index contributed by atoms with van der Waals surface area (Å²) >= 11 is 0. The Bertz CT molecular complexity index is 416. The number of rotatable bonds is 5. The van der Waals surface area contributed by atoms with Crippen molar-refractivity contribution in [3.05, 3.63) is 12.4 Å². The molecule has 1 aromatic heterocycles. The van der Waals surface area contributed by atoms with Gasteiger partial charge in [0.2, 0.25) is 0 Å². The fraction of sp³-hybridized carbons (Fsp3) is 0.545. The Morgan fingerprint density at radius 1 is 1.50 bits per heavy atom. The van der Waals surface area contributed by atoms with Gasteiger partial charge in [-0.1, -0.05) is 0 Å². The molecule has 0 bridgehead atoms. The maximum Gasteiger partial charge on any atom is 0.321 e. The summed E-state index contributed by atoms with van der Waals surface area (Å²) in [4.78, 5) is 22.7. The van der Waals surface area contributed by atoms with Crippen LogP contribution in [0.15, 0.2) is 12.4 Å². The summed E-state index contributed by atoms with van der Waals surface area (Å²) in [5, 5.41) is 8.66. The van der Waals surface area contributed by atoms with E-state index >= 15 is 0 Å². The number of carbonyl (C=O) groups excluding carboxylic acids is 2. The molecule has 0 aliphatic carbocycles. The summed E-state index contributed by atoms with van der Waals surface area (Å²) in [5.41, 5.74) is 0. The molecule has 0 saturated heterocycles. The molecule has 0 fully saturated rings. The molecule has 2 N–H and O–H groups in total. The van der Waals surface area contributed by atoms with Crippen LogP contribution in [0.3, 0.4) is 0 Å². The topological polar surface area (TPSA) is 85.2 Å². The highest BCUT2D eigenvalue weighted by Gasteiger charge is 2.17. The van der Waals surface area contributed by atoms with Crippen molar-refractivity contribution in [2.24, 2.45) is 0 Å². The molecular weight excluding hydrogens is 236 g/mol. The highest BCUT2D eigenvalue weighted by molar-refractivity contribution is 5.96. The molecule has 18 heavy (non-hydrogen) atoms. The first-order chi connectivity index (χ1) is 8.56. The Morgan fingerprint density at radius 2 is 2.22 bits per heavy atom. The third-order valence-electron chi connectivity index (χ3n) is 2.19. The first-order valence-electron chi connectivity index (χ1n) is 5.84. The number of nitrogens with zero attached hydrogens (tertiary/aromatic N) is 2. The van der Waals surface area contributed by atoms with Crippen LogP contribution in [0.1, 0.15) is 20.8 Å². The van der Waals surface area contributed by atoms with Crippen molar-refractivity contribution in [3.63, 3.8) is 0 Å². The van der Waals surface area contributed by atoms with Gasteiger partial charge in [0, 0.05) is 13.1 Å². The molecule has 100 valence electrons. The van der Waals surface area contributed by atoms with Crippen molar-refractivity contribution < 1.29 is 14.3 Å². The van der Waals surface area contributed by atoms with Crippen molar-refractivity contribution >= 4 is 11.9 Å². The standard InChI is InChI=1S/C11H18N4O3/c1-4-12-11(17)14-10(16)8(3)18-9-6-13-15(5-2)7-9/h6-8H,4-5H2,1-3H3,(H2,12,14,16,17). The molecule has 1 rings (SSSR count). The van der Waals surface area contributed by atoms with Crippen molar-refractivity contribution in [2.45, 2.75) is 33.4 Å². The lowest BCUT2D eigenvalue weighted by Gasteiger charge is -2.12. The number of carbonyl (C=O) groups is 2. The van der Waals surface area contributed by atoms with E-state index in [-0.39, 0.29) is 0 Å². The zero-order chi connectivity index (χ0) is 13.5. The van der Waals surface area contributed by atoms with E-state index in [1.807, 2.05) is 6.92 Å². The quantitative estimate of drug-likeness (QED) is 0.802. The first-order valence-corrected chi connectivity index (χ1v) is 5.84. The molecule has 0 radical (unpaired) electrons. The van der Waals surface area contributed by atoms with E-state index in [0.29, 0.717) is 12.3 Å². The van der Waals surface area contributed by atoms with Crippen LogP contribution in [0, 0.1) is 0 Å². The van der Waals surface area contributed by atoms with Gasteiger partial charge in [0.05, 0.1) is 12.4 Å². The van der Waals surface area contributed by atoms with Gasteiger partial charge in [-0.05, 0) is 20.8 Å². The molecule has 1 atom stereocenters. The fourth-order valence-corrected chi connectivity index (χ4v) is 1.25. The zero-order valence-corrected chi connectivity index (χ0v) is 10.8. The van der Waals surface area contributed by atoms with Crippen LogP contribution in [0.4, 0.5) is 4.79 Å². The van der Waals surface area contributed by atoms with Crippen LogP contribution < -0.4 is 15.4 Å². The third-order valence-corrected chi connectivity index (χ3v) is 2.19. The van der Waals surface area contributed by atoms with Crippen LogP contribution in [-0.4, -0.2) is 34.4 Å². The maximum atomic E-state index is 11.6. The molecule has 1 heterocycles. The van der Waals surface area contributed by atoms with E-state index in [9.17, 15) is 9.59 Å². The highest BCUT2D eigenvalue weighted by Crippen LogP contribution is 2.10. The number of aryl methyl sites for hydroxylation is 1. The lowest BCUT2D eigenvalue weighted by Crippen LogP contribution is -2.45. The highest BCUT2D eigenvalue weighted by atomic mass is 16.5. The van der Waals surface area contributed by atoms with E-state index in [0.717, 1.165) is 6.54 Å². The molecule has 0 spiro atoms. The van der Waals surface area contributed by atoms with E-state index in [1.54, 1.807) is 24.7 Å². The summed E-state index contributed by atoms with van der Waals surface area (Å²) in [6.07, 6.45) is 2.46. The Hall–Kier alpha value is -2.05. The maximum absolute atomic E-state index is 11.6. The van der Waals surface area contributed by atoms with Crippen LogP contribution in [0.2, 0.25) is 0 Å². The molecule has 7 nitrogen and oxygen atoms in total. The molecule has 0 aliphatic rings. The molecule has 1 aromatic rings. The summed E-state index contributed by atoms with van der Waals surface area (Å²) in [6, 6.07) is -0.526. The predicted molar refractivity (Wildman–Crippen MR) is 65.2 cm³/mol. The first kappa shape index (κ1) is 14.0. The summed E-state index contributed by atoms with van der Waals surface area (Å²) in [6.45, 7) is 6.46. The minimum atomic E-state index is -0.762. The minimum Gasteiger partial charge on any atom is -0.478 e. The normalized spacial score (nSPS) is 11.7. The van der Waals surface area contributed by atoms with E-state index in [1.165, 1.54) is 6.20 Å². The van der Waals surface area contributed by atoms with Crippen LogP contribution in [0.25, 0.3) is 0 Å². The predicted octanol–water partition coefficient (Wildman–Crippen LogP) is 0.516. The largest absolute Gasteiger partial charge is 0.478 e. The summed E-state index contributed by atoms with van der Waals surface area (Å²) < 4.78 is 7.05. The number of hydrogen-bond donors (Lipinski definition) is 2. The number of hydrogen-bond acceptors (Lipinski definition) is 4. The van der Waals surface area contributed by atoms with Gasteiger partial charge in [0.25, 0.3) is 5.91 Å². The van der Waals surface area contributed by atoms with Crippen LogP contribution >= 0.6 is 0 Å². The van der Waals surface area contributed by atoms with Crippen molar-refractivity contribution in [2.75, 3.05) is 6.54 Å². The van der Waals surface area contributed by atoms with Gasteiger partial charge in [-0.2, -0.15) is 5.10 Å². The van der Waals surface area contributed by atoms with Gasteiger partial charge in [0.15, 0.2) is 11.9 Å². The second-order valence-corrected chi connectivity index (χ2v) is 3.64. The molecule has 0 saturated carbocycles. The number of urea groups is 1. The second-order valence-electron chi connectivity index (χ2n) is 3.64. The SMILES string of the molecule is CCNC(=O)NC(=O)C(C)Oc1cnn(CC)c1. The third kappa shape index (κ3) is 4.08. The van der Waals surface area contributed by atoms with Crippen molar-refractivity contribution in [1.82, 2.24) is 20.4 Å². The van der Waals surface area contributed by atoms with Gasteiger partial charge in [-0.15, -0.1) is 0 Å². The van der Waals surface area contributed by atoms with Crippen LogP contribution in [0.5, 0.6) is 5.75 Å². The van der Waals surface area contributed by atoms with Crippen molar-refractivity contribution in [1.29, 1.82) is 0 Å². The molecule has 7 heteroatoms. The van der Waals surface area contributed by atoms with Gasteiger partial charge in [-0.3, -0.25) is 14.8 Å². The molecule has 3 amide bonds. The van der Waals surface area contributed by atoms with E-state index in [2.05, 4.69) is 15.7 Å². The number of aromatic nitrogens is 2. The number of nitrogens with one attached hydrogen (secondary N) is 2. The monoisotopic (exact) mass is 254 g/mol. The average Bonchev–Trinajstić information content (AvgIpc) is 2.76. The Balaban J connectivity index is 2.46. The van der Waals surface area contributed by atoms with Gasteiger partial charge in [-0.25, -0.2) is 4.79 Å².